The average Bonchev–Trinajstić information content (AvgIpc) is 2.29. The van der Waals surface area contributed by atoms with Crippen molar-refractivity contribution >= 4 is 27.5 Å². The summed E-state index contributed by atoms with van der Waals surface area (Å²) in [4.78, 5) is 11.7. The zero-order valence-electron chi connectivity index (χ0n) is 10.4. The molecule has 0 aromatic heterocycles. The molecule has 3 nitrogen and oxygen atoms in total. The molecule has 1 atom stereocenters. The Morgan fingerprint density at radius 2 is 2.00 bits per heavy atom. The first-order valence-corrected chi connectivity index (χ1v) is 6.34. The molecule has 0 aliphatic heterocycles. The van der Waals surface area contributed by atoms with Crippen molar-refractivity contribution in [1.29, 1.82) is 0 Å². The summed E-state index contributed by atoms with van der Waals surface area (Å²) in [5, 5.41) is 2.23. The van der Waals surface area contributed by atoms with Gasteiger partial charge in [0.05, 0.1) is 0 Å². The summed E-state index contributed by atoms with van der Waals surface area (Å²) in [5.74, 6) is -1.28. The molecule has 0 bridgehead atoms. The number of hydrogen-bond acceptors (Lipinski definition) is 2. The number of hydrogen-bond donors (Lipinski definition) is 2. The molecule has 1 aromatic carbocycles. The highest BCUT2D eigenvalue weighted by Crippen LogP contribution is 2.30. The highest BCUT2D eigenvalue weighted by atomic mass is 79.9. The molecule has 0 aliphatic rings. The van der Waals surface area contributed by atoms with E-state index >= 15 is 0 Å². The van der Waals surface area contributed by atoms with Gasteiger partial charge in [0.15, 0.2) is 5.54 Å². The van der Waals surface area contributed by atoms with E-state index < -0.39 is 17.6 Å². The predicted octanol–water partition coefficient (Wildman–Crippen LogP) is 3.23. The van der Waals surface area contributed by atoms with Crippen molar-refractivity contribution in [3.05, 3.63) is 28.2 Å². The number of aryl methyl sites for hydroxylation is 1. The van der Waals surface area contributed by atoms with E-state index in [9.17, 15) is 18.0 Å². The van der Waals surface area contributed by atoms with E-state index in [1.165, 1.54) is 6.07 Å². The first kappa shape index (κ1) is 16.0. The molecule has 19 heavy (non-hydrogen) atoms. The van der Waals surface area contributed by atoms with Gasteiger partial charge in [0.1, 0.15) is 0 Å². The minimum atomic E-state index is -4.81. The third-order valence-corrected chi connectivity index (χ3v) is 3.25. The van der Waals surface area contributed by atoms with Crippen LogP contribution in [0, 0.1) is 0 Å². The smallest absolute Gasteiger partial charge is 0.324 e. The number of rotatable bonds is 3. The van der Waals surface area contributed by atoms with Gasteiger partial charge in [-0.1, -0.05) is 22.9 Å². The number of alkyl halides is 3. The maximum absolute atomic E-state index is 12.6. The van der Waals surface area contributed by atoms with E-state index in [-0.39, 0.29) is 0 Å². The van der Waals surface area contributed by atoms with Crippen LogP contribution in [0.5, 0.6) is 0 Å². The molecule has 0 fully saturated rings. The first-order chi connectivity index (χ1) is 8.59. The summed E-state index contributed by atoms with van der Waals surface area (Å²) < 4.78 is 38.7. The summed E-state index contributed by atoms with van der Waals surface area (Å²) in [6, 6.07) is 4.90. The zero-order valence-corrected chi connectivity index (χ0v) is 12.0. The third-order valence-electron chi connectivity index (χ3n) is 2.76. The Morgan fingerprint density at radius 3 is 2.47 bits per heavy atom. The van der Waals surface area contributed by atoms with Gasteiger partial charge in [0, 0.05) is 10.2 Å². The van der Waals surface area contributed by atoms with Crippen molar-refractivity contribution in [3.63, 3.8) is 0 Å². The van der Waals surface area contributed by atoms with Crippen LogP contribution in [-0.4, -0.2) is 17.6 Å². The lowest BCUT2D eigenvalue weighted by Crippen LogP contribution is -2.59. The molecule has 106 valence electrons. The number of nitrogens with two attached hydrogens (primary N) is 1. The fraction of sp³-hybridized carbons (Fsp3) is 0.417. The SMILES string of the molecule is CCc1cc(Br)ccc1NC(=O)C(C)(N)C(F)(F)F. The van der Waals surface area contributed by atoms with Crippen LogP contribution in [-0.2, 0) is 11.2 Å². The summed E-state index contributed by atoms with van der Waals surface area (Å²) in [6.45, 7) is 2.48. The normalized spacial score (nSPS) is 14.9. The monoisotopic (exact) mass is 338 g/mol. The number of halogens is 4. The topological polar surface area (TPSA) is 55.1 Å². The van der Waals surface area contributed by atoms with Crippen molar-refractivity contribution < 1.29 is 18.0 Å². The van der Waals surface area contributed by atoms with Crippen molar-refractivity contribution in [3.8, 4) is 0 Å². The van der Waals surface area contributed by atoms with Crippen LogP contribution < -0.4 is 11.1 Å². The standard InChI is InChI=1S/C12H14BrF3N2O/c1-3-7-6-8(13)4-5-9(7)18-10(19)11(2,17)12(14,15)16/h4-6H,3,17H2,1-2H3,(H,18,19). The Hall–Kier alpha value is -1.08. The molecule has 1 rings (SSSR count). The van der Waals surface area contributed by atoms with Gasteiger partial charge < -0.3 is 11.1 Å². The molecule has 7 heteroatoms. The minimum absolute atomic E-state index is 0.330. The van der Waals surface area contributed by atoms with E-state index in [1.807, 2.05) is 6.92 Å². The Labute approximate surface area is 117 Å². The van der Waals surface area contributed by atoms with Gasteiger partial charge in [-0.3, -0.25) is 4.79 Å². The Kier molecular flexibility index (Phi) is 4.63. The fourth-order valence-electron chi connectivity index (χ4n) is 1.36. The highest BCUT2D eigenvalue weighted by molar-refractivity contribution is 9.10. The molecule has 0 saturated carbocycles. The molecule has 0 radical (unpaired) electrons. The molecule has 0 spiro atoms. The van der Waals surface area contributed by atoms with Crippen LogP contribution in [0.4, 0.5) is 18.9 Å². The summed E-state index contributed by atoms with van der Waals surface area (Å²) in [6.07, 6.45) is -4.23. The number of carbonyl (C=O) groups excluding carboxylic acids is 1. The van der Waals surface area contributed by atoms with Crippen LogP contribution in [0.25, 0.3) is 0 Å². The molecule has 0 heterocycles. The van der Waals surface area contributed by atoms with Crippen molar-refractivity contribution in [2.45, 2.75) is 32.0 Å². The summed E-state index contributed by atoms with van der Waals surface area (Å²) in [7, 11) is 0. The lowest BCUT2D eigenvalue weighted by Gasteiger charge is -2.26. The fourth-order valence-corrected chi connectivity index (χ4v) is 1.77. The van der Waals surface area contributed by atoms with E-state index in [0.717, 1.165) is 10.0 Å². The van der Waals surface area contributed by atoms with Crippen molar-refractivity contribution in [1.82, 2.24) is 0 Å². The maximum Gasteiger partial charge on any atom is 0.415 e. The van der Waals surface area contributed by atoms with Crippen LogP contribution in [0.15, 0.2) is 22.7 Å². The number of carbonyl (C=O) groups is 1. The first-order valence-electron chi connectivity index (χ1n) is 5.55. The molecule has 1 unspecified atom stereocenters. The zero-order chi connectivity index (χ0) is 14.8. The number of amides is 1. The van der Waals surface area contributed by atoms with E-state index in [1.54, 1.807) is 12.1 Å². The largest absolute Gasteiger partial charge is 0.415 e. The second-order valence-corrected chi connectivity index (χ2v) is 5.22. The van der Waals surface area contributed by atoms with E-state index in [0.29, 0.717) is 19.0 Å². The Balaban J connectivity index is 3.01. The quantitative estimate of drug-likeness (QED) is 0.888. The van der Waals surface area contributed by atoms with Crippen LogP contribution in [0.2, 0.25) is 0 Å². The van der Waals surface area contributed by atoms with Gasteiger partial charge in [0.25, 0.3) is 5.91 Å². The molecule has 0 aliphatic carbocycles. The van der Waals surface area contributed by atoms with Gasteiger partial charge >= 0.3 is 6.18 Å². The van der Waals surface area contributed by atoms with Crippen LogP contribution in [0.1, 0.15) is 19.4 Å². The van der Waals surface area contributed by atoms with Crippen molar-refractivity contribution in [2.24, 2.45) is 5.73 Å². The molecule has 3 N–H and O–H groups in total. The van der Waals surface area contributed by atoms with Gasteiger partial charge in [-0.2, -0.15) is 13.2 Å². The van der Waals surface area contributed by atoms with Crippen molar-refractivity contribution in [2.75, 3.05) is 5.32 Å². The van der Waals surface area contributed by atoms with Gasteiger partial charge in [0.2, 0.25) is 0 Å². The molecule has 1 amide bonds. The highest BCUT2D eigenvalue weighted by Gasteiger charge is 2.54. The molecular weight excluding hydrogens is 325 g/mol. The Bertz CT molecular complexity index is 486. The minimum Gasteiger partial charge on any atom is -0.324 e. The van der Waals surface area contributed by atoms with E-state index in [4.69, 9.17) is 5.73 Å². The van der Waals surface area contributed by atoms with Crippen LogP contribution in [0.3, 0.4) is 0 Å². The average molecular weight is 339 g/mol. The molecule has 0 saturated heterocycles. The van der Waals surface area contributed by atoms with Gasteiger partial charge in [-0.05, 0) is 37.1 Å². The molecule has 1 aromatic rings. The Morgan fingerprint density at radius 1 is 1.42 bits per heavy atom. The van der Waals surface area contributed by atoms with E-state index in [2.05, 4.69) is 21.2 Å². The number of anilines is 1. The molecular formula is C12H14BrF3N2O. The lowest BCUT2D eigenvalue weighted by molar-refractivity contribution is -0.184. The summed E-state index contributed by atoms with van der Waals surface area (Å²) >= 11 is 3.26. The number of benzene rings is 1. The maximum atomic E-state index is 12.6. The van der Waals surface area contributed by atoms with Crippen LogP contribution >= 0.6 is 15.9 Å². The summed E-state index contributed by atoms with van der Waals surface area (Å²) in [5.41, 5.74) is 3.19. The van der Waals surface area contributed by atoms with Gasteiger partial charge in [-0.15, -0.1) is 0 Å². The third kappa shape index (κ3) is 3.48. The number of nitrogens with one attached hydrogen (secondary N) is 1. The second kappa shape index (κ2) is 5.50. The predicted molar refractivity (Wildman–Crippen MR) is 70.8 cm³/mol. The van der Waals surface area contributed by atoms with Gasteiger partial charge in [-0.25, -0.2) is 0 Å². The lowest BCUT2D eigenvalue weighted by atomic mass is 10.0. The second-order valence-electron chi connectivity index (χ2n) is 4.31.